The van der Waals surface area contributed by atoms with Gasteiger partial charge in [0.15, 0.2) is 5.82 Å². The van der Waals surface area contributed by atoms with Crippen LogP contribution in [0.3, 0.4) is 0 Å². The van der Waals surface area contributed by atoms with E-state index in [0.29, 0.717) is 21.4 Å². The number of aromatic amines is 1. The molecule has 1 aromatic heterocycles. The molecule has 1 amide bonds. The van der Waals surface area contributed by atoms with Crippen LogP contribution in [-0.4, -0.2) is 16.1 Å². The van der Waals surface area contributed by atoms with Crippen molar-refractivity contribution in [2.45, 2.75) is 0 Å². The fourth-order valence-corrected chi connectivity index (χ4v) is 2.17. The number of H-pyrrole nitrogens is 1. The number of anilines is 1. The molecule has 3 aromatic rings. The minimum Gasteiger partial charge on any atom is -0.305 e. The topological polar surface area (TPSA) is 57.8 Å². The van der Waals surface area contributed by atoms with Gasteiger partial charge in [0.2, 0.25) is 0 Å². The van der Waals surface area contributed by atoms with Crippen LogP contribution in [0, 0.1) is 0 Å². The van der Waals surface area contributed by atoms with Crippen LogP contribution in [0.4, 0.5) is 5.82 Å². The van der Waals surface area contributed by atoms with Gasteiger partial charge in [0.25, 0.3) is 5.91 Å². The average Bonchev–Trinajstić information content (AvgIpc) is 2.81. The number of carbonyl (C=O) groups is 1. The number of amides is 1. The summed E-state index contributed by atoms with van der Waals surface area (Å²) in [6.07, 6.45) is 0. The second-order valence-corrected chi connectivity index (χ2v) is 5.10. The molecule has 2 aromatic carbocycles. The zero-order valence-electron chi connectivity index (χ0n) is 10.2. The molecule has 3 rings (SSSR count). The molecule has 0 aliphatic heterocycles. The highest BCUT2D eigenvalue weighted by Gasteiger charge is 2.11. The first-order valence-electron chi connectivity index (χ1n) is 5.84. The van der Waals surface area contributed by atoms with E-state index in [1.165, 1.54) is 0 Å². The van der Waals surface area contributed by atoms with Crippen LogP contribution in [0.25, 0.3) is 10.9 Å². The number of halogens is 2. The Morgan fingerprint density at radius 1 is 1.05 bits per heavy atom. The molecule has 20 heavy (non-hydrogen) atoms. The monoisotopic (exact) mass is 305 g/mol. The highest BCUT2D eigenvalue weighted by molar-refractivity contribution is 6.31. The van der Waals surface area contributed by atoms with Crippen LogP contribution in [-0.2, 0) is 0 Å². The first-order valence-corrected chi connectivity index (χ1v) is 6.59. The molecule has 0 bridgehead atoms. The summed E-state index contributed by atoms with van der Waals surface area (Å²) in [5, 5.41) is 11.7. The predicted octanol–water partition coefficient (Wildman–Crippen LogP) is 4.12. The fourth-order valence-electron chi connectivity index (χ4n) is 1.87. The Balaban J connectivity index is 1.89. The van der Waals surface area contributed by atoms with E-state index in [0.717, 1.165) is 10.9 Å². The first kappa shape index (κ1) is 13.0. The smallest absolute Gasteiger partial charge is 0.256 e. The second-order valence-electron chi connectivity index (χ2n) is 4.22. The summed E-state index contributed by atoms with van der Waals surface area (Å²) >= 11 is 11.7. The lowest BCUT2D eigenvalue weighted by molar-refractivity contribution is 0.102. The van der Waals surface area contributed by atoms with Gasteiger partial charge in [-0.25, -0.2) is 0 Å². The van der Waals surface area contributed by atoms with Gasteiger partial charge < -0.3 is 5.32 Å². The van der Waals surface area contributed by atoms with Gasteiger partial charge in [0.1, 0.15) is 0 Å². The van der Waals surface area contributed by atoms with Crippen LogP contribution >= 0.6 is 23.2 Å². The van der Waals surface area contributed by atoms with Crippen molar-refractivity contribution in [3.05, 3.63) is 58.1 Å². The maximum absolute atomic E-state index is 12.1. The van der Waals surface area contributed by atoms with Gasteiger partial charge in [-0.15, -0.1) is 0 Å². The number of rotatable bonds is 2. The lowest BCUT2D eigenvalue weighted by Crippen LogP contribution is -2.12. The molecule has 1 heterocycles. The van der Waals surface area contributed by atoms with Gasteiger partial charge in [-0.05, 0) is 42.5 Å². The standard InChI is InChI=1S/C14H9Cl2N3O/c15-9-3-1-8(2-4-9)14(20)17-13-11-6-5-10(16)7-12(11)18-19-13/h1-7H,(H2,17,18,19,20). The second kappa shape index (κ2) is 5.15. The average molecular weight is 306 g/mol. The van der Waals surface area contributed by atoms with E-state index in [-0.39, 0.29) is 5.91 Å². The number of carbonyl (C=O) groups excluding carboxylic acids is 1. The SMILES string of the molecule is O=C(Nc1n[nH]c2cc(Cl)ccc12)c1ccc(Cl)cc1. The Hall–Kier alpha value is -2.04. The van der Waals surface area contributed by atoms with Crippen LogP contribution in [0.15, 0.2) is 42.5 Å². The third-order valence-corrected chi connectivity index (χ3v) is 3.35. The molecule has 0 radical (unpaired) electrons. The molecule has 0 aliphatic carbocycles. The van der Waals surface area contributed by atoms with Gasteiger partial charge in [-0.2, -0.15) is 5.10 Å². The quantitative estimate of drug-likeness (QED) is 0.748. The van der Waals surface area contributed by atoms with Crippen LogP contribution < -0.4 is 5.32 Å². The summed E-state index contributed by atoms with van der Waals surface area (Å²) in [7, 11) is 0. The molecule has 6 heteroatoms. The largest absolute Gasteiger partial charge is 0.305 e. The number of hydrogen-bond acceptors (Lipinski definition) is 2. The lowest BCUT2D eigenvalue weighted by atomic mass is 10.2. The van der Waals surface area contributed by atoms with Crippen LogP contribution in [0.5, 0.6) is 0 Å². The minimum absolute atomic E-state index is 0.245. The van der Waals surface area contributed by atoms with Crippen LogP contribution in [0.1, 0.15) is 10.4 Å². The Kier molecular flexibility index (Phi) is 3.34. The fraction of sp³-hybridized carbons (Fsp3) is 0. The normalized spacial score (nSPS) is 10.7. The molecule has 0 unspecified atom stereocenters. The Morgan fingerprint density at radius 2 is 1.75 bits per heavy atom. The summed E-state index contributed by atoms with van der Waals surface area (Å²) in [5.41, 5.74) is 1.28. The van der Waals surface area contributed by atoms with Crippen molar-refractivity contribution in [1.29, 1.82) is 0 Å². The maximum atomic E-state index is 12.1. The van der Waals surface area contributed by atoms with E-state index < -0.39 is 0 Å². The van der Waals surface area contributed by atoms with Crippen LogP contribution in [0.2, 0.25) is 10.0 Å². The zero-order valence-corrected chi connectivity index (χ0v) is 11.7. The van der Waals surface area contributed by atoms with Crippen molar-refractivity contribution < 1.29 is 4.79 Å². The number of aromatic nitrogens is 2. The van der Waals surface area contributed by atoms with Gasteiger partial charge >= 0.3 is 0 Å². The van der Waals surface area contributed by atoms with E-state index in [2.05, 4.69) is 15.5 Å². The third-order valence-electron chi connectivity index (χ3n) is 2.86. The summed E-state index contributed by atoms with van der Waals surface area (Å²) < 4.78 is 0. The zero-order chi connectivity index (χ0) is 14.1. The van der Waals surface area contributed by atoms with Gasteiger partial charge in [-0.1, -0.05) is 23.2 Å². The summed E-state index contributed by atoms with van der Waals surface area (Å²) in [4.78, 5) is 12.1. The number of fused-ring (bicyclic) bond motifs is 1. The molecule has 0 saturated heterocycles. The maximum Gasteiger partial charge on any atom is 0.256 e. The predicted molar refractivity (Wildman–Crippen MR) is 80.5 cm³/mol. The van der Waals surface area contributed by atoms with E-state index in [9.17, 15) is 4.79 Å². The highest BCUT2D eigenvalue weighted by atomic mass is 35.5. The molecular weight excluding hydrogens is 297 g/mol. The van der Waals surface area contributed by atoms with E-state index in [1.807, 2.05) is 0 Å². The Bertz CT molecular complexity index is 781. The number of benzene rings is 2. The highest BCUT2D eigenvalue weighted by Crippen LogP contribution is 2.24. The van der Waals surface area contributed by atoms with Gasteiger partial charge in [0, 0.05) is 21.0 Å². The molecule has 0 aliphatic rings. The first-order chi connectivity index (χ1) is 9.63. The lowest BCUT2D eigenvalue weighted by Gasteiger charge is -2.02. The molecule has 0 atom stereocenters. The van der Waals surface area contributed by atoms with Crippen molar-refractivity contribution in [3.8, 4) is 0 Å². The molecule has 2 N–H and O–H groups in total. The number of hydrogen-bond donors (Lipinski definition) is 2. The minimum atomic E-state index is -0.245. The summed E-state index contributed by atoms with van der Waals surface area (Å²) in [6.45, 7) is 0. The van der Waals surface area contributed by atoms with Crippen molar-refractivity contribution in [1.82, 2.24) is 10.2 Å². The van der Waals surface area contributed by atoms with E-state index in [4.69, 9.17) is 23.2 Å². The molecular formula is C14H9Cl2N3O. The third kappa shape index (κ3) is 2.48. The molecule has 0 saturated carbocycles. The van der Waals surface area contributed by atoms with Crippen molar-refractivity contribution >= 4 is 45.8 Å². The van der Waals surface area contributed by atoms with Gasteiger partial charge in [-0.3, -0.25) is 9.89 Å². The molecule has 0 fully saturated rings. The van der Waals surface area contributed by atoms with Crippen molar-refractivity contribution in [2.24, 2.45) is 0 Å². The van der Waals surface area contributed by atoms with E-state index >= 15 is 0 Å². The Morgan fingerprint density at radius 3 is 2.50 bits per heavy atom. The number of nitrogens with zero attached hydrogens (tertiary/aromatic N) is 1. The summed E-state index contributed by atoms with van der Waals surface area (Å²) in [6, 6.07) is 11.9. The van der Waals surface area contributed by atoms with Gasteiger partial charge in [0.05, 0.1) is 5.52 Å². The van der Waals surface area contributed by atoms with E-state index in [1.54, 1.807) is 42.5 Å². The van der Waals surface area contributed by atoms with Crippen molar-refractivity contribution in [3.63, 3.8) is 0 Å². The summed E-state index contributed by atoms with van der Waals surface area (Å²) in [5.74, 6) is 0.224. The Labute approximate surface area is 124 Å². The molecule has 100 valence electrons. The number of nitrogens with one attached hydrogen (secondary N) is 2. The molecule has 4 nitrogen and oxygen atoms in total. The molecule has 0 spiro atoms. The van der Waals surface area contributed by atoms with Crippen molar-refractivity contribution in [2.75, 3.05) is 5.32 Å².